The van der Waals surface area contributed by atoms with Gasteiger partial charge in [-0.1, -0.05) is 11.6 Å². The summed E-state index contributed by atoms with van der Waals surface area (Å²) in [4.78, 5) is 6.21. The van der Waals surface area contributed by atoms with Crippen molar-refractivity contribution in [3.05, 3.63) is 41.5 Å². The molecule has 0 aromatic heterocycles. The average molecular weight is 364 g/mol. The number of aliphatic imine (C=N–C) groups is 1. The monoisotopic (exact) mass is 364 g/mol. The minimum atomic E-state index is -0.552. The Kier molecular flexibility index (Phi) is 6.44. The number of anilines is 1. The fourth-order valence-electron chi connectivity index (χ4n) is 3.36. The molecule has 2 heterocycles. The van der Waals surface area contributed by atoms with Crippen molar-refractivity contribution >= 4 is 11.6 Å². The highest BCUT2D eigenvalue weighted by Gasteiger charge is 2.25. The highest BCUT2D eigenvalue weighted by atomic mass is 19.1. The van der Waals surface area contributed by atoms with Gasteiger partial charge < -0.3 is 20.3 Å². The van der Waals surface area contributed by atoms with Gasteiger partial charge >= 0.3 is 0 Å². The van der Waals surface area contributed by atoms with Gasteiger partial charge in [-0.3, -0.25) is 4.99 Å². The minimum Gasteiger partial charge on any atom is -0.377 e. The van der Waals surface area contributed by atoms with E-state index in [1.165, 1.54) is 17.7 Å². The van der Waals surface area contributed by atoms with Gasteiger partial charge in [0.05, 0.1) is 18.9 Å². The van der Waals surface area contributed by atoms with E-state index in [-0.39, 0.29) is 6.04 Å². The van der Waals surface area contributed by atoms with Gasteiger partial charge in [0, 0.05) is 38.8 Å². The number of ether oxygens (including phenoxy) is 1. The fraction of sp³-hybridized carbons (Fsp3) is 0.526. The highest BCUT2D eigenvalue weighted by molar-refractivity contribution is 5.80. The molecule has 26 heavy (non-hydrogen) atoms. The molecule has 5 nitrogen and oxygen atoms in total. The Labute approximate surface area is 153 Å². The Bertz CT molecular complexity index is 678. The standard InChI is InChI=1S/C19H26F2N4O/c1-22-19(23-8-4-14-6-10-26-11-7-14)24-16-5-9-25(13-16)18-3-2-15(20)12-17(18)21/h2-3,6,12,16H,4-5,7-11,13H2,1H3,(H2,22,23,24). The fourth-order valence-corrected chi connectivity index (χ4v) is 3.36. The van der Waals surface area contributed by atoms with E-state index in [1.54, 1.807) is 7.05 Å². The Hall–Kier alpha value is -2.15. The van der Waals surface area contributed by atoms with Crippen molar-refractivity contribution < 1.29 is 13.5 Å². The molecule has 1 atom stereocenters. The van der Waals surface area contributed by atoms with E-state index in [9.17, 15) is 8.78 Å². The zero-order valence-electron chi connectivity index (χ0n) is 15.1. The number of benzene rings is 1. The summed E-state index contributed by atoms with van der Waals surface area (Å²) in [7, 11) is 1.75. The van der Waals surface area contributed by atoms with E-state index in [0.29, 0.717) is 18.8 Å². The number of nitrogens with zero attached hydrogens (tertiary/aromatic N) is 2. The predicted molar refractivity (Wildman–Crippen MR) is 99.6 cm³/mol. The molecule has 142 valence electrons. The van der Waals surface area contributed by atoms with Crippen molar-refractivity contribution in [2.24, 2.45) is 4.99 Å². The molecule has 3 rings (SSSR count). The van der Waals surface area contributed by atoms with Crippen molar-refractivity contribution in [1.82, 2.24) is 10.6 Å². The van der Waals surface area contributed by atoms with Crippen LogP contribution >= 0.6 is 0 Å². The molecule has 0 bridgehead atoms. The van der Waals surface area contributed by atoms with Gasteiger partial charge in [0.2, 0.25) is 0 Å². The molecule has 0 radical (unpaired) electrons. The molecule has 2 aliphatic rings. The zero-order chi connectivity index (χ0) is 18.4. The van der Waals surface area contributed by atoms with E-state index in [4.69, 9.17) is 4.74 Å². The van der Waals surface area contributed by atoms with E-state index < -0.39 is 11.6 Å². The maximum absolute atomic E-state index is 13.9. The molecule has 1 aromatic carbocycles. The second-order valence-electron chi connectivity index (χ2n) is 6.61. The quantitative estimate of drug-likeness (QED) is 0.479. The van der Waals surface area contributed by atoms with Crippen LogP contribution in [0.2, 0.25) is 0 Å². The summed E-state index contributed by atoms with van der Waals surface area (Å²) in [5.74, 6) is -0.314. The minimum absolute atomic E-state index is 0.174. The maximum Gasteiger partial charge on any atom is 0.191 e. The summed E-state index contributed by atoms with van der Waals surface area (Å²) in [6, 6.07) is 3.90. The van der Waals surface area contributed by atoms with Gasteiger partial charge in [-0.2, -0.15) is 0 Å². The van der Waals surface area contributed by atoms with Crippen LogP contribution in [0.25, 0.3) is 0 Å². The lowest BCUT2D eigenvalue weighted by atomic mass is 10.1. The molecule has 0 amide bonds. The summed E-state index contributed by atoms with van der Waals surface area (Å²) in [6.45, 7) is 3.71. The topological polar surface area (TPSA) is 48.9 Å². The molecule has 1 fully saturated rings. The van der Waals surface area contributed by atoms with Gasteiger partial charge in [0.1, 0.15) is 11.6 Å². The Morgan fingerprint density at radius 1 is 1.38 bits per heavy atom. The van der Waals surface area contributed by atoms with Crippen molar-refractivity contribution in [3.63, 3.8) is 0 Å². The first-order valence-corrected chi connectivity index (χ1v) is 9.08. The number of hydrogen-bond donors (Lipinski definition) is 2. The lowest BCUT2D eigenvalue weighted by Gasteiger charge is -2.21. The first-order valence-electron chi connectivity index (χ1n) is 9.08. The maximum atomic E-state index is 13.9. The van der Waals surface area contributed by atoms with E-state index >= 15 is 0 Å². The van der Waals surface area contributed by atoms with Gasteiger partial charge in [0.25, 0.3) is 0 Å². The van der Waals surface area contributed by atoms with Crippen LogP contribution < -0.4 is 15.5 Å². The third kappa shape index (κ3) is 4.94. The summed E-state index contributed by atoms with van der Waals surface area (Å²) in [5.41, 5.74) is 1.86. The lowest BCUT2D eigenvalue weighted by molar-refractivity contribution is 0.153. The van der Waals surface area contributed by atoms with Crippen LogP contribution in [0.4, 0.5) is 14.5 Å². The van der Waals surface area contributed by atoms with Crippen LogP contribution in [-0.4, -0.2) is 51.9 Å². The molecule has 2 aliphatic heterocycles. The average Bonchev–Trinajstić information content (AvgIpc) is 3.10. The Morgan fingerprint density at radius 3 is 3.00 bits per heavy atom. The van der Waals surface area contributed by atoms with E-state index in [0.717, 1.165) is 51.0 Å². The van der Waals surface area contributed by atoms with Crippen molar-refractivity contribution in [1.29, 1.82) is 0 Å². The smallest absolute Gasteiger partial charge is 0.191 e. The van der Waals surface area contributed by atoms with Crippen LogP contribution in [0.15, 0.2) is 34.8 Å². The number of rotatable bonds is 5. The molecule has 7 heteroatoms. The van der Waals surface area contributed by atoms with Crippen LogP contribution in [0, 0.1) is 11.6 Å². The van der Waals surface area contributed by atoms with Crippen LogP contribution in [0.5, 0.6) is 0 Å². The van der Waals surface area contributed by atoms with Crippen LogP contribution in [0.3, 0.4) is 0 Å². The van der Waals surface area contributed by atoms with Crippen molar-refractivity contribution in [3.8, 4) is 0 Å². The number of halogens is 2. The van der Waals surface area contributed by atoms with Gasteiger partial charge in [-0.15, -0.1) is 0 Å². The lowest BCUT2D eigenvalue weighted by Crippen LogP contribution is -2.45. The summed E-state index contributed by atoms with van der Waals surface area (Å²) in [5, 5.41) is 6.72. The molecular weight excluding hydrogens is 338 g/mol. The summed E-state index contributed by atoms with van der Waals surface area (Å²) in [6.07, 6.45) is 4.99. The molecule has 1 saturated heterocycles. The molecule has 1 aromatic rings. The van der Waals surface area contributed by atoms with Crippen molar-refractivity contribution in [2.75, 3.05) is 44.8 Å². The van der Waals surface area contributed by atoms with E-state index in [1.807, 2.05) is 4.90 Å². The zero-order valence-corrected chi connectivity index (χ0v) is 15.1. The van der Waals surface area contributed by atoms with Gasteiger partial charge in [-0.05, 0) is 31.4 Å². The van der Waals surface area contributed by atoms with Crippen molar-refractivity contribution in [2.45, 2.75) is 25.3 Å². The summed E-state index contributed by atoms with van der Waals surface area (Å²) < 4.78 is 32.3. The highest BCUT2D eigenvalue weighted by Crippen LogP contribution is 2.24. The van der Waals surface area contributed by atoms with Crippen LogP contribution in [-0.2, 0) is 4.74 Å². The van der Waals surface area contributed by atoms with Crippen LogP contribution in [0.1, 0.15) is 19.3 Å². The third-order valence-electron chi connectivity index (χ3n) is 4.80. The molecule has 0 saturated carbocycles. The predicted octanol–water partition coefficient (Wildman–Crippen LogP) is 2.45. The Morgan fingerprint density at radius 2 is 2.27 bits per heavy atom. The number of hydrogen-bond acceptors (Lipinski definition) is 3. The van der Waals surface area contributed by atoms with Gasteiger partial charge in [-0.25, -0.2) is 8.78 Å². The molecule has 0 aliphatic carbocycles. The molecule has 0 spiro atoms. The molecule has 2 N–H and O–H groups in total. The first kappa shape index (κ1) is 18.6. The third-order valence-corrected chi connectivity index (χ3v) is 4.80. The molecule has 1 unspecified atom stereocenters. The normalized spacial score (nSPS) is 20.9. The number of nitrogens with one attached hydrogen (secondary N) is 2. The second-order valence-corrected chi connectivity index (χ2v) is 6.61. The van der Waals surface area contributed by atoms with E-state index in [2.05, 4.69) is 21.7 Å². The molecular formula is C19H26F2N4O. The second kappa shape index (κ2) is 8.98. The number of guanidine groups is 1. The SMILES string of the molecule is CN=C(NCCC1=CCOCC1)NC1CCN(c2ccc(F)cc2F)C1. The largest absolute Gasteiger partial charge is 0.377 e. The summed E-state index contributed by atoms with van der Waals surface area (Å²) >= 11 is 0. The Balaban J connectivity index is 1.46. The van der Waals surface area contributed by atoms with Gasteiger partial charge in [0.15, 0.2) is 5.96 Å². The first-order chi connectivity index (χ1) is 12.7.